The second-order valence-corrected chi connectivity index (χ2v) is 4.07. The number of rotatable bonds is 2. The van der Waals surface area contributed by atoms with Gasteiger partial charge in [0.2, 0.25) is 0 Å². The summed E-state index contributed by atoms with van der Waals surface area (Å²) in [6.07, 6.45) is 2.00. The molecular formula is C10H18N4. The quantitative estimate of drug-likeness (QED) is 0.731. The third kappa shape index (κ3) is 2.33. The molecule has 14 heavy (non-hydrogen) atoms. The summed E-state index contributed by atoms with van der Waals surface area (Å²) in [6, 6.07) is 2.69. The molecule has 0 aromatic carbocycles. The zero-order valence-electron chi connectivity index (χ0n) is 8.90. The predicted molar refractivity (Wildman–Crippen MR) is 55.9 cm³/mol. The number of nitrogens with zero attached hydrogens (tertiary/aromatic N) is 3. The first-order chi connectivity index (χ1) is 6.74. The van der Waals surface area contributed by atoms with Crippen LogP contribution >= 0.6 is 0 Å². The Balaban J connectivity index is 1.90. The lowest BCUT2D eigenvalue weighted by Crippen LogP contribution is -2.48. The van der Waals surface area contributed by atoms with E-state index in [-0.39, 0.29) is 0 Å². The van der Waals surface area contributed by atoms with Gasteiger partial charge in [-0.05, 0) is 13.0 Å². The van der Waals surface area contributed by atoms with Crippen LogP contribution in [0.5, 0.6) is 0 Å². The monoisotopic (exact) mass is 194 g/mol. The third-order valence-electron chi connectivity index (χ3n) is 2.61. The molecular weight excluding hydrogens is 176 g/mol. The van der Waals surface area contributed by atoms with Gasteiger partial charge in [-0.15, -0.1) is 0 Å². The van der Waals surface area contributed by atoms with Gasteiger partial charge in [0.15, 0.2) is 0 Å². The fourth-order valence-electron chi connectivity index (χ4n) is 1.93. The van der Waals surface area contributed by atoms with E-state index in [0.717, 1.165) is 26.2 Å². The van der Waals surface area contributed by atoms with E-state index in [1.807, 2.05) is 17.9 Å². The second kappa shape index (κ2) is 4.11. The molecule has 0 radical (unpaired) electrons. The molecule has 1 aromatic heterocycles. The Morgan fingerprint density at radius 1 is 1.64 bits per heavy atom. The highest BCUT2D eigenvalue weighted by molar-refractivity contribution is 4.99. The average molecular weight is 194 g/mol. The van der Waals surface area contributed by atoms with Crippen LogP contribution in [0.1, 0.15) is 12.6 Å². The Hall–Kier alpha value is -0.870. The van der Waals surface area contributed by atoms with Crippen LogP contribution in [-0.2, 0) is 13.6 Å². The van der Waals surface area contributed by atoms with Crippen molar-refractivity contribution in [2.24, 2.45) is 7.05 Å². The topological polar surface area (TPSA) is 33.1 Å². The molecule has 1 aliphatic rings. The molecule has 2 heterocycles. The highest BCUT2D eigenvalue weighted by Gasteiger charge is 2.15. The lowest BCUT2D eigenvalue weighted by Gasteiger charge is -2.31. The maximum absolute atomic E-state index is 4.38. The molecule has 0 bridgehead atoms. The van der Waals surface area contributed by atoms with Crippen LogP contribution in [0.3, 0.4) is 0 Å². The van der Waals surface area contributed by atoms with E-state index in [1.165, 1.54) is 5.69 Å². The standard InChI is InChI=1S/C10H18N4/c1-9-7-14(6-4-11-9)8-10-3-5-13(2)12-10/h3,5,9,11H,4,6-8H2,1-2H3/t9-/m1/s1. The second-order valence-electron chi connectivity index (χ2n) is 4.07. The van der Waals surface area contributed by atoms with Crippen molar-refractivity contribution in [1.29, 1.82) is 0 Å². The van der Waals surface area contributed by atoms with Crippen molar-refractivity contribution in [1.82, 2.24) is 20.0 Å². The Labute approximate surface area is 84.9 Å². The van der Waals surface area contributed by atoms with Crippen LogP contribution in [0.2, 0.25) is 0 Å². The summed E-state index contributed by atoms with van der Waals surface area (Å²) in [7, 11) is 1.96. The van der Waals surface area contributed by atoms with Crippen molar-refractivity contribution in [3.8, 4) is 0 Å². The molecule has 0 unspecified atom stereocenters. The van der Waals surface area contributed by atoms with Gasteiger partial charge >= 0.3 is 0 Å². The van der Waals surface area contributed by atoms with Crippen molar-refractivity contribution in [3.05, 3.63) is 18.0 Å². The van der Waals surface area contributed by atoms with E-state index in [4.69, 9.17) is 0 Å². The Morgan fingerprint density at radius 2 is 2.50 bits per heavy atom. The van der Waals surface area contributed by atoms with Gasteiger partial charge in [0.05, 0.1) is 5.69 Å². The summed E-state index contributed by atoms with van der Waals surface area (Å²) in [5, 5.41) is 7.82. The molecule has 1 N–H and O–H groups in total. The van der Waals surface area contributed by atoms with Crippen molar-refractivity contribution >= 4 is 0 Å². The minimum atomic E-state index is 0.604. The van der Waals surface area contributed by atoms with Crippen molar-refractivity contribution in [3.63, 3.8) is 0 Å². The van der Waals surface area contributed by atoms with E-state index in [2.05, 4.69) is 28.3 Å². The molecule has 0 saturated carbocycles. The summed E-state index contributed by atoms with van der Waals surface area (Å²) in [6.45, 7) is 6.54. The first-order valence-electron chi connectivity index (χ1n) is 5.18. The zero-order chi connectivity index (χ0) is 9.97. The average Bonchev–Trinajstić information content (AvgIpc) is 2.51. The van der Waals surface area contributed by atoms with Crippen molar-refractivity contribution in [2.45, 2.75) is 19.5 Å². The molecule has 1 fully saturated rings. The molecule has 0 aliphatic carbocycles. The van der Waals surface area contributed by atoms with Gasteiger partial charge in [-0.25, -0.2) is 0 Å². The highest BCUT2D eigenvalue weighted by Crippen LogP contribution is 2.04. The number of aryl methyl sites for hydroxylation is 1. The molecule has 1 atom stereocenters. The zero-order valence-corrected chi connectivity index (χ0v) is 8.90. The molecule has 2 rings (SSSR count). The van der Waals surface area contributed by atoms with Crippen LogP contribution in [0, 0.1) is 0 Å². The normalized spacial score (nSPS) is 24.0. The van der Waals surface area contributed by atoms with Crippen LogP contribution in [0.4, 0.5) is 0 Å². The minimum absolute atomic E-state index is 0.604. The largest absolute Gasteiger partial charge is 0.312 e. The molecule has 4 nitrogen and oxygen atoms in total. The summed E-state index contributed by atoms with van der Waals surface area (Å²) < 4.78 is 1.86. The lowest BCUT2D eigenvalue weighted by atomic mass is 10.2. The van der Waals surface area contributed by atoms with Gasteiger partial charge in [0.25, 0.3) is 0 Å². The summed E-state index contributed by atoms with van der Waals surface area (Å²) in [5.41, 5.74) is 1.17. The predicted octanol–water partition coefficient (Wildman–Crippen LogP) is 0.214. The molecule has 0 spiro atoms. The first-order valence-corrected chi connectivity index (χ1v) is 5.18. The maximum atomic E-state index is 4.38. The SMILES string of the molecule is C[C@@H]1CN(Cc2ccn(C)n2)CCN1. The van der Waals surface area contributed by atoms with E-state index in [0.29, 0.717) is 6.04 Å². The summed E-state index contributed by atoms with van der Waals surface area (Å²) in [4.78, 5) is 2.45. The Kier molecular flexibility index (Phi) is 2.84. The van der Waals surface area contributed by atoms with Crippen molar-refractivity contribution in [2.75, 3.05) is 19.6 Å². The number of hydrogen-bond donors (Lipinski definition) is 1. The third-order valence-corrected chi connectivity index (χ3v) is 2.61. The molecule has 4 heteroatoms. The van der Waals surface area contributed by atoms with Gasteiger partial charge < -0.3 is 5.32 Å². The van der Waals surface area contributed by atoms with Crippen LogP contribution < -0.4 is 5.32 Å². The van der Waals surface area contributed by atoms with E-state index < -0.39 is 0 Å². The first kappa shape index (κ1) is 9.68. The molecule has 1 aromatic rings. The lowest BCUT2D eigenvalue weighted by molar-refractivity contribution is 0.197. The molecule has 78 valence electrons. The van der Waals surface area contributed by atoms with Gasteiger partial charge in [-0.1, -0.05) is 0 Å². The smallest absolute Gasteiger partial charge is 0.0764 e. The summed E-state index contributed by atoms with van der Waals surface area (Å²) in [5.74, 6) is 0. The van der Waals surface area contributed by atoms with E-state index in [9.17, 15) is 0 Å². The number of hydrogen-bond acceptors (Lipinski definition) is 3. The van der Waals surface area contributed by atoms with E-state index >= 15 is 0 Å². The Morgan fingerprint density at radius 3 is 3.14 bits per heavy atom. The van der Waals surface area contributed by atoms with E-state index in [1.54, 1.807) is 0 Å². The van der Waals surface area contributed by atoms with Gasteiger partial charge in [-0.2, -0.15) is 5.10 Å². The summed E-state index contributed by atoms with van der Waals surface area (Å²) >= 11 is 0. The van der Waals surface area contributed by atoms with Gasteiger partial charge in [-0.3, -0.25) is 9.58 Å². The van der Waals surface area contributed by atoms with Gasteiger partial charge in [0.1, 0.15) is 0 Å². The molecule has 1 saturated heterocycles. The van der Waals surface area contributed by atoms with Crippen molar-refractivity contribution < 1.29 is 0 Å². The van der Waals surface area contributed by atoms with Crippen LogP contribution in [0.15, 0.2) is 12.3 Å². The number of nitrogens with one attached hydrogen (secondary N) is 1. The molecule has 0 amide bonds. The fraction of sp³-hybridized carbons (Fsp3) is 0.700. The maximum Gasteiger partial charge on any atom is 0.0764 e. The van der Waals surface area contributed by atoms with Crippen LogP contribution in [-0.4, -0.2) is 40.4 Å². The molecule has 1 aliphatic heterocycles. The fourth-order valence-corrected chi connectivity index (χ4v) is 1.93. The number of piperazine rings is 1. The minimum Gasteiger partial charge on any atom is -0.312 e. The Bertz CT molecular complexity index is 294. The number of aromatic nitrogens is 2. The highest BCUT2D eigenvalue weighted by atomic mass is 15.3. The van der Waals surface area contributed by atoms with Crippen LogP contribution in [0.25, 0.3) is 0 Å². The van der Waals surface area contributed by atoms with Gasteiger partial charge in [0, 0.05) is 45.5 Å².